The van der Waals surface area contributed by atoms with Gasteiger partial charge in [0.25, 0.3) is 0 Å². The molecular formula is C13H9BrClN3O. The Morgan fingerprint density at radius 2 is 2.26 bits per heavy atom. The van der Waals surface area contributed by atoms with Gasteiger partial charge in [0.05, 0.1) is 22.2 Å². The molecule has 0 saturated heterocycles. The van der Waals surface area contributed by atoms with Crippen molar-refractivity contribution < 1.29 is 4.74 Å². The van der Waals surface area contributed by atoms with E-state index in [1.165, 1.54) is 6.20 Å². The number of nitriles is 1. The summed E-state index contributed by atoms with van der Waals surface area (Å²) in [6.45, 7) is 0. The molecule has 2 aromatic rings. The van der Waals surface area contributed by atoms with E-state index >= 15 is 0 Å². The maximum Gasteiger partial charge on any atom is 0.144 e. The number of ether oxygens (including phenoxy) is 1. The van der Waals surface area contributed by atoms with E-state index in [9.17, 15) is 0 Å². The van der Waals surface area contributed by atoms with Crippen LogP contribution in [0, 0.1) is 11.3 Å². The first-order chi connectivity index (χ1) is 9.15. The lowest BCUT2D eigenvalue weighted by molar-refractivity contribution is 0.416. The molecule has 0 atom stereocenters. The number of anilines is 2. The normalized spacial score (nSPS) is 9.79. The van der Waals surface area contributed by atoms with Crippen LogP contribution in [0.5, 0.6) is 5.75 Å². The van der Waals surface area contributed by atoms with E-state index in [0.29, 0.717) is 32.3 Å². The molecule has 0 bridgehead atoms. The molecule has 0 fully saturated rings. The van der Waals surface area contributed by atoms with Gasteiger partial charge in [0.2, 0.25) is 0 Å². The summed E-state index contributed by atoms with van der Waals surface area (Å²) in [7, 11) is 1.55. The van der Waals surface area contributed by atoms with Gasteiger partial charge in [-0.3, -0.25) is 0 Å². The monoisotopic (exact) mass is 337 g/mol. The van der Waals surface area contributed by atoms with E-state index in [1.54, 1.807) is 31.4 Å². The van der Waals surface area contributed by atoms with Gasteiger partial charge >= 0.3 is 0 Å². The molecule has 19 heavy (non-hydrogen) atoms. The molecule has 1 aromatic carbocycles. The van der Waals surface area contributed by atoms with Gasteiger partial charge in [0.1, 0.15) is 23.3 Å². The first-order valence-corrected chi connectivity index (χ1v) is 6.48. The van der Waals surface area contributed by atoms with E-state index in [-0.39, 0.29) is 0 Å². The summed E-state index contributed by atoms with van der Waals surface area (Å²) in [4.78, 5) is 4.17. The molecule has 1 aromatic heterocycles. The topological polar surface area (TPSA) is 57.9 Å². The summed E-state index contributed by atoms with van der Waals surface area (Å²) in [5.74, 6) is 1.13. The third kappa shape index (κ3) is 2.98. The first-order valence-electron chi connectivity index (χ1n) is 5.31. The van der Waals surface area contributed by atoms with E-state index in [4.69, 9.17) is 21.6 Å². The lowest BCUT2D eigenvalue weighted by Gasteiger charge is -2.13. The average molecular weight is 339 g/mol. The van der Waals surface area contributed by atoms with Crippen LogP contribution in [-0.2, 0) is 0 Å². The van der Waals surface area contributed by atoms with Crippen molar-refractivity contribution in [2.24, 2.45) is 0 Å². The molecule has 1 N–H and O–H groups in total. The Kier molecular flexibility index (Phi) is 4.25. The summed E-state index contributed by atoms with van der Waals surface area (Å²) in [6.07, 6.45) is 1.52. The number of nitrogens with zero attached hydrogens (tertiary/aromatic N) is 2. The number of methoxy groups -OCH3 is 1. The van der Waals surface area contributed by atoms with Crippen LogP contribution >= 0.6 is 27.5 Å². The smallest absolute Gasteiger partial charge is 0.144 e. The molecule has 0 spiro atoms. The van der Waals surface area contributed by atoms with Crippen LogP contribution in [0.25, 0.3) is 0 Å². The highest BCUT2D eigenvalue weighted by atomic mass is 79.9. The van der Waals surface area contributed by atoms with Crippen molar-refractivity contribution in [3.05, 3.63) is 45.5 Å². The molecule has 1 heterocycles. The van der Waals surface area contributed by atoms with Crippen LogP contribution in [0.15, 0.2) is 34.9 Å². The second-order valence-electron chi connectivity index (χ2n) is 3.60. The number of nitrogens with one attached hydrogen (secondary N) is 1. The van der Waals surface area contributed by atoms with Crippen LogP contribution in [0.4, 0.5) is 11.5 Å². The Morgan fingerprint density at radius 3 is 2.89 bits per heavy atom. The van der Waals surface area contributed by atoms with Gasteiger partial charge in [-0.05, 0) is 34.1 Å². The van der Waals surface area contributed by atoms with Crippen molar-refractivity contribution in [3.63, 3.8) is 0 Å². The van der Waals surface area contributed by atoms with Crippen LogP contribution in [0.3, 0.4) is 0 Å². The Labute approximate surface area is 124 Å². The number of rotatable bonds is 3. The van der Waals surface area contributed by atoms with Crippen molar-refractivity contribution in [2.75, 3.05) is 12.4 Å². The summed E-state index contributed by atoms with van der Waals surface area (Å²) < 4.78 is 5.94. The van der Waals surface area contributed by atoms with Gasteiger partial charge in [-0.25, -0.2) is 4.98 Å². The van der Waals surface area contributed by atoms with Gasteiger partial charge in [-0.2, -0.15) is 5.26 Å². The minimum absolute atomic E-state index is 0.475. The molecule has 0 aliphatic rings. The molecule has 0 aliphatic heterocycles. The zero-order chi connectivity index (χ0) is 13.8. The minimum Gasteiger partial charge on any atom is -0.495 e. The Hall–Kier alpha value is -1.77. The zero-order valence-electron chi connectivity index (χ0n) is 9.95. The molecule has 0 amide bonds. The Bertz CT molecular complexity index is 655. The van der Waals surface area contributed by atoms with Crippen LogP contribution in [-0.4, -0.2) is 12.1 Å². The summed E-state index contributed by atoms with van der Waals surface area (Å²) >= 11 is 9.20. The Balaban J connectivity index is 2.46. The second kappa shape index (κ2) is 5.91. The quantitative estimate of drug-likeness (QED) is 0.914. The molecule has 0 unspecified atom stereocenters. The van der Waals surface area contributed by atoms with Gasteiger partial charge in [0, 0.05) is 6.20 Å². The molecule has 96 valence electrons. The number of halogens is 2. The van der Waals surface area contributed by atoms with Gasteiger partial charge in [-0.1, -0.05) is 17.7 Å². The van der Waals surface area contributed by atoms with Crippen LogP contribution in [0.2, 0.25) is 5.02 Å². The van der Waals surface area contributed by atoms with Crippen molar-refractivity contribution in [2.45, 2.75) is 0 Å². The fourth-order valence-electron chi connectivity index (χ4n) is 1.55. The van der Waals surface area contributed by atoms with E-state index in [1.807, 2.05) is 0 Å². The number of benzene rings is 1. The summed E-state index contributed by atoms with van der Waals surface area (Å²) in [5.41, 5.74) is 1.05. The lowest BCUT2D eigenvalue weighted by atomic mass is 10.2. The summed E-state index contributed by atoms with van der Waals surface area (Å²) in [6, 6.07) is 9.06. The molecular weight excluding hydrogens is 330 g/mol. The second-order valence-corrected chi connectivity index (χ2v) is 4.89. The van der Waals surface area contributed by atoms with Gasteiger partial charge in [-0.15, -0.1) is 0 Å². The van der Waals surface area contributed by atoms with Crippen LogP contribution < -0.4 is 10.1 Å². The predicted octanol–water partition coefficient (Wildman–Crippen LogP) is 4.12. The number of hydrogen-bond acceptors (Lipinski definition) is 4. The average Bonchev–Trinajstić information content (AvgIpc) is 2.42. The number of aromatic nitrogens is 1. The standard InChI is InChI=1S/C13H9BrClN3O/c1-19-11-4-2-3-8(6-16)12(11)18-13-10(14)5-9(15)7-17-13/h2-5,7H,1H3,(H,17,18). The highest BCUT2D eigenvalue weighted by Crippen LogP contribution is 2.33. The van der Waals surface area contributed by atoms with Crippen molar-refractivity contribution in [1.29, 1.82) is 5.26 Å². The molecule has 0 saturated carbocycles. The van der Waals surface area contributed by atoms with Crippen molar-refractivity contribution >= 4 is 39.0 Å². The fraction of sp³-hybridized carbons (Fsp3) is 0.0769. The molecule has 0 aliphatic carbocycles. The number of pyridine rings is 1. The zero-order valence-corrected chi connectivity index (χ0v) is 12.3. The predicted molar refractivity (Wildman–Crippen MR) is 77.9 cm³/mol. The minimum atomic E-state index is 0.475. The summed E-state index contributed by atoms with van der Waals surface area (Å²) in [5, 5.41) is 12.7. The Morgan fingerprint density at radius 1 is 1.47 bits per heavy atom. The lowest BCUT2D eigenvalue weighted by Crippen LogP contribution is -2.00. The highest BCUT2D eigenvalue weighted by molar-refractivity contribution is 9.10. The maximum atomic E-state index is 9.13. The number of para-hydroxylation sites is 1. The molecule has 6 heteroatoms. The van der Waals surface area contributed by atoms with Crippen LogP contribution in [0.1, 0.15) is 5.56 Å². The fourth-order valence-corrected chi connectivity index (χ4v) is 2.29. The van der Waals surface area contributed by atoms with Crippen molar-refractivity contribution in [1.82, 2.24) is 4.98 Å². The molecule has 4 nitrogen and oxygen atoms in total. The molecule has 0 radical (unpaired) electrons. The third-order valence-corrected chi connectivity index (χ3v) is 3.23. The van der Waals surface area contributed by atoms with E-state index < -0.39 is 0 Å². The van der Waals surface area contributed by atoms with E-state index in [2.05, 4.69) is 32.3 Å². The van der Waals surface area contributed by atoms with Gasteiger partial charge in [0.15, 0.2) is 0 Å². The van der Waals surface area contributed by atoms with E-state index in [0.717, 1.165) is 0 Å². The SMILES string of the molecule is COc1cccc(C#N)c1Nc1ncc(Cl)cc1Br. The highest BCUT2D eigenvalue weighted by Gasteiger charge is 2.11. The third-order valence-electron chi connectivity index (χ3n) is 2.42. The first kappa shape index (κ1) is 13.7. The number of hydrogen-bond donors (Lipinski definition) is 1. The van der Waals surface area contributed by atoms with Crippen molar-refractivity contribution in [3.8, 4) is 11.8 Å². The largest absolute Gasteiger partial charge is 0.495 e. The molecule has 2 rings (SSSR count). The van der Waals surface area contributed by atoms with Gasteiger partial charge < -0.3 is 10.1 Å². The maximum absolute atomic E-state index is 9.13.